The first kappa shape index (κ1) is 14.2. The molecule has 1 aromatic rings. The molecular formula is C16H26N2O. The molecule has 3 heteroatoms. The lowest BCUT2D eigenvalue weighted by Crippen LogP contribution is -2.31. The Labute approximate surface area is 116 Å². The van der Waals surface area contributed by atoms with Crippen LogP contribution in [0, 0.1) is 20.8 Å². The maximum atomic E-state index is 5.62. The molecule has 0 radical (unpaired) electrons. The summed E-state index contributed by atoms with van der Waals surface area (Å²) in [6.07, 6.45) is 1.13. The third-order valence-corrected chi connectivity index (χ3v) is 4.12. The van der Waals surface area contributed by atoms with Crippen molar-refractivity contribution in [2.45, 2.75) is 52.6 Å². The Hall–Kier alpha value is -1.22. The largest absolute Gasteiger partial charge is 0.494 e. The van der Waals surface area contributed by atoms with Gasteiger partial charge in [0.25, 0.3) is 0 Å². The van der Waals surface area contributed by atoms with Crippen molar-refractivity contribution in [2.24, 2.45) is 0 Å². The first-order valence-electron chi connectivity index (χ1n) is 7.00. The summed E-state index contributed by atoms with van der Waals surface area (Å²) >= 11 is 0. The molecule has 1 atom stereocenters. The minimum atomic E-state index is 0.221. The number of anilines is 1. The summed E-state index contributed by atoms with van der Waals surface area (Å²) in [5.74, 6) is 0.988. The second-order valence-electron chi connectivity index (χ2n) is 6.35. The molecule has 1 unspecified atom stereocenters. The zero-order chi connectivity index (χ0) is 14.2. The summed E-state index contributed by atoms with van der Waals surface area (Å²) in [6.45, 7) is 11.9. The van der Waals surface area contributed by atoms with Gasteiger partial charge >= 0.3 is 0 Å². The highest BCUT2D eigenvalue weighted by molar-refractivity contribution is 5.67. The van der Waals surface area contributed by atoms with E-state index in [1.165, 1.54) is 16.7 Å². The van der Waals surface area contributed by atoms with Crippen LogP contribution in [0.1, 0.15) is 37.0 Å². The van der Waals surface area contributed by atoms with Crippen molar-refractivity contribution in [1.82, 2.24) is 5.32 Å². The number of methoxy groups -OCH3 is 1. The fourth-order valence-electron chi connectivity index (χ4n) is 2.95. The minimum Gasteiger partial charge on any atom is -0.494 e. The van der Waals surface area contributed by atoms with Crippen LogP contribution in [0.4, 0.5) is 5.69 Å². The van der Waals surface area contributed by atoms with Crippen molar-refractivity contribution in [1.29, 1.82) is 0 Å². The molecule has 0 spiro atoms. The molecule has 0 aliphatic carbocycles. The Morgan fingerprint density at radius 3 is 2.47 bits per heavy atom. The standard InChI is InChI=1S/C16H26N2O/c1-10-7-11(2)14(15(19-6)12(10)3)18-13-8-16(4,5)17-9-13/h7,13,17-18H,8-9H2,1-6H3. The molecule has 3 nitrogen and oxygen atoms in total. The number of rotatable bonds is 3. The van der Waals surface area contributed by atoms with Crippen molar-refractivity contribution in [3.63, 3.8) is 0 Å². The number of aryl methyl sites for hydroxylation is 2. The Balaban J connectivity index is 2.28. The van der Waals surface area contributed by atoms with Crippen LogP contribution in [0.25, 0.3) is 0 Å². The van der Waals surface area contributed by atoms with Gasteiger partial charge in [0.2, 0.25) is 0 Å². The number of hydrogen-bond acceptors (Lipinski definition) is 3. The summed E-state index contributed by atoms with van der Waals surface area (Å²) in [4.78, 5) is 0. The van der Waals surface area contributed by atoms with E-state index in [1.54, 1.807) is 7.11 Å². The van der Waals surface area contributed by atoms with E-state index in [0.29, 0.717) is 6.04 Å². The fraction of sp³-hybridized carbons (Fsp3) is 0.625. The van der Waals surface area contributed by atoms with Crippen molar-refractivity contribution < 1.29 is 4.74 Å². The Morgan fingerprint density at radius 2 is 1.95 bits per heavy atom. The van der Waals surface area contributed by atoms with Gasteiger partial charge in [-0.2, -0.15) is 0 Å². The zero-order valence-electron chi connectivity index (χ0n) is 13.0. The van der Waals surface area contributed by atoms with Crippen LogP contribution in [0.2, 0.25) is 0 Å². The molecule has 1 fully saturated rings. The molecule has 0 bridgehead atoms. The lowest BCUT2D eigenvalue weighted by atomic mass is 9.99. The highest BCUT2D eigenvalue weighted by atomic mass is 16.5. The van der Waals surface area contributed by atoms with E-state index in [4.69, 9.17) is 4.74 Å². The van der Waals surface area contributed by atoms with Gasteiger partial charge in [-0.15, -0.1) is 0 Å². The molecule has 0 amide bonds. The van der Waals surface area contributed by atoms with Gasteiger partial charge in [0, 0.05) is 18.1 Å². The summed E-state index contributed by atoms with van der Waals surface area (Å²) < 4.78 is 5.62. The lowest BCUT2D eigenvalue weighted by molar-refractivity contribution is 0.412. The summed E-state index contributed by atoms with van der Waals surface area (Å²) in [7, 11) is 1.75. The van der Waals surface area contributed by atoms with Gasteiger partial charge in [-0.25, -0.2) is 0 Å². The van der Waals surface area contributed by atoms with Gasteiger partial charge in [0.05, 0.1) is 12.8 Å². The van der Waals surface area contributed by atoms with E-state index in [2.05, 4.69) is 51.3 Å². The van der Waals surface area contributed by atoms with E-state index in [9.17, 15) is 0 Å². The molecule has 0 saturated carbocycles. The molecule has 0 aromatic heterocycles. The number of benzene rings is 1. The summed E-state index contributed by atoms with van der Waals surface area (Å²) in [5, 5.41) is 7.21. The van der Waals surface area contributed by atoms with Gasteiger partial charge in [0.1, 0.15) is 5.75 Å². The van der Waals surface area contributed by atoms with Crippen molar-refractivity contribution in [2.75, 3.05) is 19.0 Å². The lowest BCUT2D eigenvalue weighted by Gasteiger charge is -2.22. The Bertz CT molecular complexity index is 480. The van der Waals surface area contributed by atoms with Crippen LogP contribution >= 0.6 is 0 Å². The van der Waals surface area contributed by atoms with Crippen LogP contribution in [0.3, 0.4) is 0 Å². The summed E-state index contributed by atoms with van der Waals surface area (Å²) in [5.41, 5.74) is 5.13. The van der Waals surface area contributed by atoms with E-state index < -0.39 is 0 Å². The van der Waals surface area contributed by atoms with Crippen LogP contribution in [-0.4, -0.2) is 25.2 Å². The highest BCUT2D eigenvalue weighted by Gasteiger charge is 2.31. The molecule has 1 heterocycles. The second kappa shape index (κ2) is 5.04. The van der Waals surface area contributed by atoms with Crippen molar-refractivity contribution in [3.8, 4) is 5.75 Å². The summed E-state index contributed by atoms with van der Waals surface area (Å²) in [6, 6.07) is 2.69. The quantitative estimate of drug-likeness (QED) is 0.878. The van der Waals surface area contributed by atoms with Gasteiger partial charge in [0.15, 0.2) is 0 Å². The Kier molecular flexibility index (Phi) is 3.77. The molecule has 1 aromatic carbocycles. The van der Waals surface area contributed by atoms with Crippen molar-refractivity contribution in [3.05, 3.63) is 22.8 Å². The van der Waals surface area contributed by atoms with E-state index in [1.807, 2.05) is 0 Å². The molecule has 1 saturated heterocycles. The fourth-order valence-corrected chi connectivity index (χ4v) is 2.95. The van der Waals surface area contributed by atoms with Gasteiger partial charge in [-0.05, 0) is 57.7 Å². The molecule has 106 valence electrons. The van der Waals surface area contributed by atoms with Gasteiger partial charge in [-0.1, -0.05) is 6.07 Å². The highest BCUT2D eigenvalue weighted by Crippen LogP contribution is 2.35. The predicted octanol–water partition coefficient (Wildman–Crippen LogP) is 3.17. The predicted molar refractivity (Wildman–Crippen MR) is 81.3 cm³/mol. The topological polar surface area (TPSA) is 33.3 Å². The van der Waals surface area contributed by atoms with Gasteiger partial charge in [-0.3, -0.25) is 0 Å². The minimum absolute atomic E-state index is 0.221. The molecule has 1 aliphatic heterocycles. The molecule has 19 heavy (non-hydrogen) atoms. The third-order valence-electron chi connectivity index (χ3n) is 4.12. The molecule has 2 rings (SSSR count). The van der Waals surface area contributed by atoms with E-state index in [-0.39, 0.29) is 5.54 Å². The SMILES string of the molecule is COc1c(C)c(C)cc(C)c1NC1CNC(C)(C)C1. The first-order chi connectivity index (χ1) is 8.84. The number of ether oxygens (including phenoxy) is 1. The smallest absolute Gasteiger partial charge is 0.145 e. The molecular weight excluding hydrogens is 236 g/mol. The monoisotopic (exact) mass is 262 g/mol. The number of nitrogens with one attached hydrogen (secondary N) is 2. The zero-order valence-corrected chi connectivity index (χ0v) is 13.0. The molecule has 1 aliphatic rings. The van der Waals surface area contributed by atoms with Crippen LogP contribution < -0.4 is 15.4 Å². The average Bonchev–Trinajstić information content (AvgIpc) is 2.66. The first-order valence-corrected chi connectivity index (χ1v) is 7.00. The Morgan fingerprint density at radius 1 is 1.26 bits per heavy atom. The van der Waals surface area contributed by atoms with Crippen LogP contribution in [-0.2, 0) is 0 Å². The third kappa shape index (κ3) is 2.86. The van der Waals surface area contributed by atoms with Crippen LogP contribution in [0.15, 0.2) is 6.07 Å². The normalized spacial score (nSPS) is 21.5. The van der Waals surface area contributed by atoms with E-state index in [0.717, 1.165) is 24.4 Å². The second-order valence-corrected chi connectivity index (χ2v) is 6.35. The van der Waals surface area contributed by atoms with Crippen molar-refractivity contribution >= 4 is 5.69 Å². The average molecular weight is 262 g/mol. The van der Waals surface area contributed by atoms with Gasteiger partial charge < -0.3 is 15.4 Å². The maximum absolute atomic E-state index is 5.62. The van der Waals surface area contributed by atoms with E-state index >= 15 is 0 Å². The number of hydrogen-bond donors (Lipinski definition) is 2. The van der Waals surface area contributed by atoms with Crippen LogP contribution in [0.5, 0.6) is 5.75 Å². The maximum Gasteiger partial charge on any atom is 0.145 e. The molecule has 2 N–H and O–H groups in total.